The predicted octanol–water partition coefficient (Wildman–Crippen LogP) is 6.60. The van der Waals surface area contributed by atoms with Crippen molar-refractivity contribution in [3.8, 4) is 17.1 Å². The molecule has 1 aromatic heterocycles. The minimum Gasteiger partial charge on any atom is -0.492 e. The Morgan fingerprint density at radius 3 is 2.52 bits per heavy atom. The van der Waals surface area contributed by atoms with Gasteiger partial charge in [0.05, 0.1) is 17.6 Å². The molecule has 3 aromatic carbocycles. The van der Waals surface area contributed by atoms with Crippen LogP contribution < -0.4 is 4.74 Å². The maximum atomic E-state index is 6.06. The SMILES string of the molecule is CCC(C)c1ccc(OCCn2c(-c3cccc(C)c3)nc3ccccc32)cc1. The van der Waals surface area contributed by atoms with Crippen molar-refractivity contribution in [2.45, 2.75) is 39.7 Å². The second-order valence-corrected chi connectivity index (χ2v) is 7.67. The van der Waals surface area contributed by atoms with Crippen LogP contribution >= 0.6 is 0 Å². The Morgan fingerprint density at radius 2 is 1.76 bits per heavy atom. The minimum absolute atomic E-state index is 0.582. The lowest BCUT2D eigenvalue weighted by atomic mass is 9.99. The number of benzene rings is 3. The lowest BCUT2D eigenvalue weighted by Gasteiger charge is -2.13. The third kappa shape index (κ3) is 4.19. The molecule has 3 nitrogen and oxygen atoms in total. The van der Waals surface area contributed by atoms with E-state index in [1.54, 1.807) is 0 Å². The van der Waals surface area contributed by atoms with Crippen molar-refractivity contribution in [3.05, 3.63) is 83.9 Å². The molecule has 0 spiro atoms. The van der Waals surface area contributed by atoms with Crippen molar-refractivity contribution >= 4 is 11.0 Å². The summed E-state index contributed by atoms with van der Waals surface area (Å²) < 4.78 is 8.32. The second kappa shape index (κ2) is 8.52. The summed E-state index contributed by atoms with van der Waals surface area (Å²) in [5.41, 5.74) is 5.89. The van der Waals surface area contributed by atoms with Crippen LogP contribution in [0.15, 0.2) is 72.8 Å². The molecule has 0 saturated carbocycles. The zero-order valence-corrected chi connectivity index (χ0v) is 17.4. The number of rotatable bonds is 7. The quantitative estimate of drug-likeness (QED) is 0.359. The summed E-state index contributed by atoms with van der Waals surface area (Å²) in [6, 6.07) is 25.3. The highest BCUT2D eigenvalue weighted by Gasteiger charge is 2.12. The van der Waals surface area contributed by atoms with Gasteiger partial charge in [-0.1, -0.05) is 61.9 Å². The lowest BCUT2D eigenvalue weighted by molar-refractivity contribution is 0.300. The third-order valence-electron chi connectivity index (χ3n) is 5.58. The van der Waals surface area contributed by atoms with Gasteiger partial charge in [0.25, 0.3) is 0 Å². The molecule has 0 aliphatic carbocycles. The van der Waals surface area contributed by atoms with Gasteiger partial charge in [-0.05, 0) is 55.2 Å². The Bertz CT molecular complexity index is 1100. The van der Waals surface area contributed by atoms with Gasteiger partial charge in [0, 0.05) is 5.56 Å². The molecule has 1 atom stereocenters. The smallest absolute Gasteiger partial charge is 0.141 e. The first kappa shape index (κ1) is 19.3. The average molecular weight is 385 g/mol. The molecule has 0 amide bonds. The summed E-state index contributed by atoms with van der Waals surface area (Å²) in [4.78, 5) is 4.90. The van der Waals surface area contributed by atoms with E-state index in [2.05, 4.69) is 92.1 Å². The first-order valence-electron chi connectivity index (χ1n) is 10.4. The molecule has 0 aliphatic rings. The van der Waals surface area contributed by atoms with Gasteiger partial charge in [0.2, 0.25) is 0 Å². The standard InChI is InChI=1S/C26H28N2O/c1-4-20(3)21-12-14-23(15-13-21)29-17-16-28-25-11-6-5-10-24(25)27-26(28)22-9-7-8-19(2)18-22/h5-15,18,20H,4,16-17H2,1-3H3. The molecule has 0 saturated heterocycles. The first-order chi connectivity index (χ1) is 14.2. The summed E-state index contributed by atoms with van der Waals surface area (Å²) in [7, 11) is 0. The van der Waals surface area contributed by atoms with E-state index >= 15 is 0 Å². The molecule has 0 N–H and O–H groups in total. The number of ether oxygens (including phenoxy) is 1. The van der Waals surface area contributed by atoms with E-state index in [1.807, 2.05) is 6.07 Å². The molecule has 1 heterocycles. The highest BCUT2D eigenvalue weighted by Crippen LogP contribution is 2.26. The van der Waals surface area contributed by atoms with E-state index in [0.29, 0.717) is 12.5 Å². The zero-order valence-electron chi connectivity index (χ0n) is 17.4. The summed E-state index contributed by atoms with van der Waals surface area (Å²) in [6.07, 6.45) is 1.15. The van der Waals surface area contributed by atoms with Crippen LogP contribution in [0, 0.1) is 6.92 Å². The van der Waals surface area contributed by atoms with E-state index in [-0.39, 0.29) is 0 Å². The number of imidazole rings is 1. The van der Waals surface area contributed by atoms with Gasteiger partial charge in [0.1, 0.15) is 18.2 Å². The number of fused-ring (bicyclic) bond motifs is 1. The van der Waals surface area contributed by atoms with Gasteiger partial charge in [-0.2, -0.15) is 0 Å². The molecule has 4 aromatic rings. The fraction of sp³-hybridized carbons (Fsp3) is 0.269. The first-order valence-corrected chi connectivity index (χ1v) is 10.4. The van der Waals surface area contributed by atoms with Crippen molar-refractivity contribution in [1.29, 1.82) is 0 Å². The maximum Gasteiger partial charge on any atom is 0.141 e. The van der Waals surface area contributed by atoms with Crippen molar-refractivity contribution < 1.29 is 4.74 Å². The predicted molar refractivity (Wildman–Crippen MR) is 121 cm³/mol. The normalized spacial score (nSPS) is 12.2. The molecule has 0 aliphatic heterocycles. The lowest BCUT2D eigenvalue weighted by Crippen LogP contribution is -2.09. The molecule has 148 valence electrons. The monoisotopic (exact) mass is 384 g/mol. The van der Waals surface area contributed by atoms with Gasteiger partial charge in [-0.3, -0.25) is 0 Å². The van der Waals surface area contributed by atoms with Crippen LogP contribution in [0.2, 0.25) is 0 Å². The molecule has 1 unspecified atom stereocenters. The Morgan fingerprint density at radius 1 is 0.966 bits per heavy atom. The number of nitrogens with zero attached hydrogens (tertiary/aromatic N) is 2. The molecular formula is C26H28N2O. The fourth-order valence-electron chi connectivity index (χ4n) is 3.69. The number of hydrogen-bond acceptors (Lipinski definition) is 2. The highest BCUT2D eigenvalue weighted by atomic mass is 16.5. The summed E-state index contributed by atoms with van der Waals surface area (Å²) in [5, 5.41) is 0. The number of aryl methyl sites for hydroxylation is 1. The van der Waals surface area contributed by atoms with Crippen LogP contribution in [0.3, 0.4) is 0 Å². The largest absolute Gasteiger partial charge is 0.492 e. The van der Waals surface area contributed by atoms with E-state index in [0.717, 1.165) is 41.1 Å². The van der Waals surface area contributed by atoms with Crippen LogP contribution in [-0.4, -0.2) is 16.2 Å². The van der Waals surface area contributed by atoms with Crippen LogP contribution in [0.4, 0.5) is 0 Å². The van der Waals surface area contributed by atoms with Crippen molar-refractivity contribution in [2.24, 2.45) is 0 Å². The van der Waals surface area contributed by atoms with Gasteiger partial charge in [-0.25, -0.2) is 4.98 Å². The van der Waals surface area contributed by atoms with Crippen molar-refractivity contribution in [3.63, 3.8) is 0 Å². The second-order valence-electron chi connectivity index (χ2n) is 7.67. The van der Waals surface area contributed by atoms with E-state index in [1.165, 1.54) is 11.1 Å². The third-order valence-corrected chi connectivity index (χ3v) is 5.58. The Labute approximate surface area is 173 Å². The molecule has 4 rings (SSSR count). The summed E-state index contributed by atoms with van der Waals surface area (Å²) >= 11 is 0. The highest BCUT2D eigenvalue weighted by molar-refractivity contribution is 5.80. The molecule has 0 bridgehead atoms. The topological polar surface area (TPSA) is 27.1 Å². The zero-order chi connectivity index (χ0) is 20.2. The number of hydrogen-bond donors (Lipinski definition) is 0. The number of para-hydroxylation sites is 2. The molecule has 29 heavy (non-hydrogen) atoms. The summed E-state index contributed by atoms with van der Waals surface area (Å²) in [5.74, 6) is 2.49. The molecular weight excluding hydrogens is 356 g/mol. The Hall–Kier alpha value is -3.07. The van der Waals surface area contributed by atoms with Crippen LogP contribution in [-0.2, 0) is 6.54 Å². The van der Waals surface area contributed by atoms with Gasteiger partial charge in [0.15, 0.2) is 0 Å². The van der Waals surface area contributed by atoms with Gasteiger partial charge in [-0.15, -0.1) is 0 Å². The molecule has 0 radical (unpaired) electrons. The molecule has 3 heteroatoms. The van der Waals surface area contributed by atoms with Crippen LogP contribution in [0.1, 0.15) is 37.3 Å². The van der Waals surface area contributed by atoms with E-state index in [9.17, 15) is 0 Å². The van der Waals surface area contributed by atoms with Crippen molar-refractivity contribution in [2.75, 3.05) is 6.61 Å². The fourth-order valence-corrected chi connectivity index (χ4v) is 3.69. The maximum absolute atomic E-state index is 6.06. The van der Waals surface area contributed by atoms with Crippen molar-refractivity contribution in [1.82, 2.24) is 9.55 Å². The van der Waals surface area contributed by atoms with Crippen LogP contribution in [0.5, 0.6) is 5.75 Å². The Balaban J connectivity index is 1.55. The van der Waals surface area contributed by atoms with Gasteiger partial charge >= 0.3 is 0 Å². The molecule has 0 fully saturated rings. The van der Waals surface area contributed by atoms with E-state index < -0.39 is 0 Å². The average Bonchev–Trinajstić information content (AvgIpc) is 3.12. The number of aromatic nitrogens is 2. The summed E-state index contributed by atoms with van der Waals surface area (Å²) in [6.45, 7) is 7.94. The minimum atomic E-state index is 0.582. The van der Waals surface area contributed by atoms with Crippen LogP contribution in [0.25, 0.3) is 22.4 Å². The van der Waals surface area contributed by atoms with Gasteiger partial charge < -0.3 is 9.30 Å². The Kier molecular flexibility index (Phi) is 5.66. The van der Waals surface area contributed by atoms with E-state index in [4.69, 9.17) is 9.72 Å².